The number of carbonyl (C=O) groups is 2. The summed E-state index contributed by atoms with van der Waals surface area (Å²) in [6, 6.07) is 6.58. The Labute approximate surface area is 153 Å². The molecule has 0 spiro atoms. The SMILES string of the molecule is NC(=O)[C@H]1CCCCN1C(=O)CSc1nnnn1-c1cccc(Cl)c1. The Hall–Kier alpha value is -2.13. The van der Waals surface area contributed by atoms with Gasteiger partial charge in [0.05, 0.1) is 11.4 Å². The van der Waals surface area contributed by atoms with Gasteiger partial charge in [-0.2, -0.15) is 4.68 Å². The molecule has 0 radical (unpaired) electrons. The molecule has 0 bridgehead atoms. The number of hydrogen-bond acceptors (Lipinski definition) is 6. The normalized spacial score (nSPS) is 17.5. The molecule has 132 valence electrons. The Morgan fingerprint density at radius 1 is 1.36 bits per heavy atom. The molecule has 1 aromatic heterocycles. The molecule has 8 nitrogen and oxygen atoms in total. The topological polar surface area (TPSA) is 107 Å². The monoisotopic (exact) mass is 380 g/mol. The Morgan fingerprint density at radius 2 is 2.20 bits per heavy atom. The highest BCUT2D eigenvalue weighted by atomic mass is 35.5. The molecule has 1 aliphatic heterocycles. The molecule has 1 atom stereocenters. The van der Waals surface area contributed by atoms with Crippen molar-refractivity contribution in [3.05, 3.63) is 29.3 Å². The van der Waals surface area contributed by atoms with Gasteiger partial charge in [-0.05, 0) is 47.9 Å². The quantitative estimate of drug-likeness (QED) is 0.783. The van der Waals surface area contributed by atoms with Gasteiger partial charge in [0.2, 0.25) is 17.0 Å². The highest BCUT2D eigenvalue weighted by Crippen LogP contribution is 2.23. The molecule has 0 aliphatic carbocycles. The molecule has 2 aromatic rings. The number of piperidine rings is 1. The summed E-state index contributed by atoms with van der Waals surface area (Å²) in [5.74, 6) is -0.471. The average Bonchev–Trinajstić information content (AvgIpc) is 3.08. The lowest BCUT2D eigenvalue weighted by Gasteiger charge is -2.33. The number of tetrazole rings is 1. The van der Waals surface area contributed by atoms with Gasteiger partial charge in [-0.1, -0.05) is 29.4 Å². The third-order valence-electron chi connectivity index (χ3n) is 3.97. The van der Waals surface area contributed by atoms with Gasteiger partial charge in [0.25, 0.3) is 0 Å². The fourth-order valence-electron chi connectivity index (χ4n) is 2.77. The molecule has 2 N–H and O–H groups in total. The van der Waals surface area contributed by atoms with Gasteiger partial charge < -0.3 is 10.6 Å². The van der Waals surface area contributed by atoms with E-state index in [0.29, 0.717) is 28.8 Å². The number of halogens is 1. The molecule has 0 saturated carbocycles. The van der Waals surface area contributed by atoms with E-state index in [1.165, 1.54) is 16.4 Å². The smallest absolute Gasteiger partial charge is 0.240 e. The van der Waals surface area contributed by atoms with Gasteiger partial charge in [0.1, 0.15) is 6.04 Å². The van der Waals surface area contributed by atoms with Crippen LogP contribution in [0.3, 0.4) is 0 Å². The minimum Gasteiger partial charge on any atom is -0.368 e. The van der Waals surface area contributed by atoms with Crippen LogP contribution in [0.2, 0.25) is 5.02 Å². The van der Waals surface area contributed by atoms with E-state index in [2.05, 4.69) is 15.5 Å². The molecule has 2 heterocycles. The second kappa shape index (κ2) is 7.83. The van der Waals surface area contributed by atoms with Crippen LogP contribution in [0.1, 0.15) is 19.3 Å². The van der Waals surface area contributed by atoms with Crippen molar-refractivity contribution >= 4 is 35.2 Å². The van der Waals surface area contributed by atoms with Crippen molar-refractivity contribution in [1.29, 1.82) is 0 Å². The van der Waals surface area contributed by atoms with Crippen LogP contribution >= 0.6 is 23.4 Å². The first-order valence-electron chi connectivity index (χ1n) is 7.82. The first-order chi connectivity index (χ1) is 12.1. The fraction of sp³-hybridized carbons (Fsp3) is 0.400. The summed E-state index contributed by atoms with van der Waals surface area (Å²) in [5.41, 5.74) is 6.12. The van der Waals surface area contributed by atoms with Crippen LogP contribution in [0.4, 0.5) is 0 Å². The number of benzene rings is 1. The van der Waals surface area contributed by atoms with E-state index in [1.54, 1.807) is 23.1 Å². The summed E-state index contributed by atoms with van der Waals surface area (Å²) in [6.07, 6.45) is 2.39. The van der Waals surface area contributed by atoms with Gasteiger partial charge >= 0.3 is 0 Å². The van der Waals surface area contributed by atoms with Crippen molar-refractivity contribution in [2.75, 3.05) is 12.3 Å². The number of thioether (sulfide) groups is 1. The lowest BCUT2D eigenvalue weighted by atomic mass is 10.0. The molecule has 10 heteroatoms. The van der Waals surface area contributed by atoms with Crippen LogP contribution in [0.5, 0.6) is 0 Å². The summed E-state index contributed by atoms with van der Waals surface area (Å²) >= 11 is 7.21. The maximum atomic E-state index is 12.5. The highest BCUT2D eigenvalue weighted by molar-refractivity contribution is 7.99. The molecular weight excluding hydrogens is 364 g/mol. The summed E-state index contributed by atoms with van der Waals surface area (Å²) in [6.45, 7) is 0.548. The number of amides is 2. The largest absolute Gasteiger partial charge is 0.368 e. The van der Waals surface area contributed by atoms with Crippen LogP contribution in [-0.4, -0.2) is 55.3 Å². The molecule has 2 amide bonds. The molecule has 25 heavy (non-hydrogen) atoms. The van der Waals surface area contributed by atoms with Crippen molar-refractivity contribution in [3.63, 3.8) is 0 Å². The maximum absolute atomic E-state index is 12.5. The Balaban J connectivity index is 1.69. The number of likely N-dealkylation sites (tertiary alicyclic amines) is 1. The minimum atomic E-state index is -0.522. The Kier molecular flexibility index (Phi) is 5.54. The number of nitrogens with two attached hydrogens (primary N) is 1. The van der Waals surface area contributed by atoms with Crippen molar-refractivity contribution < 1.29 is 9.59 Å². The average molecular weight is 381 g/mol. The van der Waals surface area contributed by atoms with Gasteiger partial charge in [0.15, 0.2) is 0 Å². The summed E-state index contributed by atoms with van der Waals surface area (Å²) < 4.78 is 1.52. The summed E-state index contributed by atoms with van der Waals surface area (Å²) in [5, 5.41) is 12.6. The third-order valence-corrected chi connectivity index (χ3v) is 5.11. The van der Waals surface area contributed by atoms with E-state index < -0.39 is 11.9 Å². The number of hydrogen-bond donors (Lipinski definition) is 1. The first-order valence-corrected chi connectivity index (χ1v) is 9.18. The number of primary amides is 1. The second-order valence-electron chi connectivity index (χ2n) is 5.64. The Morgan fingerprint density at radius 3 is 2.96 bits per heavy atom. The third kappa shape index (κ3) is 4.10. The molecule has 1 aliphatic rings. The second-order valence-corrected chi connectivity index (χ2v) is 7.02. The van der Waals surface area contributed by atoms with E-state index in [1.807, 2.05) is 6.07 Å². The van der Waals surface area contributed by atoms with Crippen molar-refractivity contribution in [2.24, 2.45) is 5.73 Å². The van der Waals surface area contributed by atoms with Crippen molar-refractivity contribution in [1.82, 2.24) is 25.1 Å². The van der Waals surface area contributed by atoms with Crippen LogP contribution in [0.15, 0.2) is 29.4 Å². The number of carbonyl (C=O) groups excluding carboxylic acids is 2. The summed E-state index contributed by atoms with van der Waals surface area (Å²) in [7, 11) is 0. The van der Waals surface area contributed by atoms with Crippen LogP contribution in [0, 0.1) is 0 Å². The number of nitrogens with zero attached hydrogens (tertiary/aromatic N) is 5. The van der Waals surface area contributed by atoms with Gasteiger partial charge in [-0.3, -0.25) is 9.59 Å². The van der Waals surface area contributed by atoms with Gasteiger partial charge in [-0.15, -0.1) is 5.10 Å². The van der Waals surface area contributed by atoms with Crippen LogP contribution in [0.25, 0.3) is 5.69 Å². The van der Waals surface area contributed by atoms with Gasteiger partial charge in [-0.25, -0.2) is 0 Å². The van der Waals surface area contributed by atoms with Crippen molar-refractivity contribution in [3.8, 4) is 5.69 Å². The predicted molar refractivity (Wildman–Crippen MR) is 93.4 cm³/mol. The van der Waals surface area contributed by atoms with E-state index in [4.69, 9.17) is 17.3 Å². The highest BCUT2D eigenvalue weighted by Gasteiger charge is 2.30. The lowest BCUT2D eigenvalue weighted by molar-refractivity contribution is -0.138. The summed E-state index contributed by atoms with van der Waals surface area (Å²) in [4.78, 5) is 25.6. The predicted octanol–water partition coefficient (Wildman–Crippen LogP) is 1.27. The molecule has 0 unspecified atom stereocenters. The van der Waals surface area contributed by atoms with E-state index >= 15 is 0 Å². The molecule has 1 saturated heterocycles. The zero-order chi connectivity index (χ0) is 17.8. The fourth-order valence-corrected chi connectivity index (χ4v) is 3.74. The van der Waals surface area contributed by atoms with Crippen LogP contribution < -0.4 is 5.73 Å². The molecule has 1 fully saturated rings. The van der Waals surface area contributed by atoms with E-state index in [-0.39, 0.29) is 11.7 Å². The molecular formula is C15H17ClN6O2S. The zero-order valence-corrected chi connectivity index (χ0v) is 14.9. The lowest BCUT2D eigenvalue weighted by Crippen LogP contribution is -2.51. The molecule has 3 rings (SSSR count). The number of rotatable bonds is 5. The first kappa shape index (κ1) is 17.7. The van der Waals surface area contributed by atoms with E-state index in [9.17, 15) is 9.59 Å². The van der Waals surface area contributed by atoms with Crippen molar-refractivity contribution in [2.45, 2.75) is 30.5 Å². The standard InChI is InChI=1S/C15H17ClN6O2S/c16-10-4-3-5-11(8-10)22-15(18-19-20-22)25-9-13(23)21-7-2-1-6-12(21)14(17)24/h3-5,8,12H,1-2,6-7,9H2,(H2,17,24)/t12-/m1/s1. The Bertz CT molecular complexity index is 783. The molecule has 1 aromatic carbocycles. The minimum absolute atomic E-state index is 0.130. The van der Waals surface area contributed by atoms with E-state index in [0.717, 1.165) is 12.8 Å². The number of aromatic nitrogens is 4. The van der Waals surface area contributed by atoms with Gasteiger partial charge in [0, 0.05) is 11.6 Å². The maximum Gasteiger partial charge on any atom is 0.240 e. The zero-order valence-electron chi connectivity index (χ0n) is 13.3. The van der Waals surface area contributed by atoms with Crippen LogP contribution in [-0.2, 0) is 9.59 Å².